The van der Waals surface area contributed by atoms with E-state index >= 15 is 0 Å². The van der Waals surface area contributed by atoms with Gasteiger partial charge in [-0.3, -0.25) is 0 Å². The molecule has 0 bridgehead atoms. The van der Waals surface area contributed by atoms with Crippen molar-refractivity contribution in [2.45, 2.75) is 37.6 Å². The summed E-state index contributed by atoms with van der Waals surface area (Å²) in [4.78, 5) is 13.7. The number of aliphatic hydroxyl groups is 1. The standard InChI is InChI=1S/C12H17N3O3/c16-9-12(6-2-1-3-7-12)14-10-4-5-11(13-8-10)15(17)18/h4-5,8,14,16H,1-3,6-7,9H2. The van der Waals surface area contributed by atoms with Crippen molar-refractivity contribution in [3.05, 3.63) is 28.4 Å². The minimum Gasteiger partial charge on any atom is -0.394 e. The summed E-state index contributed by atoms with van der Waals surface area (Å²) in [5, 5.41) is 23.3. The summed E-state index contributed by atoms with van der Waals surface area (Å²) >= 11 is 0. The van der Waals surface area contributed by atoms with Crippen LogP contribution in [0.1, 0.15) is 32.1 Å². The highest BCUT2D eigenvalue weighted by Gasteiger charge is 2.31. The van der Waals surface area contributed by atoms with Crippen LogP contribution in [0.25, 0.3) is 0 Å². The van der Waals surface area contributed by atoms with Crippen molar-refractivity contribution in [2.24, 2.45) is 0 Å². The van der Waals surface area contributed by atoms with Crippen LogP contribution < -0.4 is 5.32 Å². The fraction of sp³-hybridized carbons (Fsp3) is 0.583. The van der Waals surface area contributed by atoms with Gasteiger partial charge in [0.05, 0.1) is 17.8 Å². The molecule has 0 atom stereocenters. The maximum Gasteiger partial charge on any atom is 0.363 e. The quantitative estimate of drug-likeness (QED) is 0.632. The average Bonchev–Trinajstić information content (AvgIpc) is 2.40. The second-order valence-electron chi connectivity index (χ2n) is 4.79. The number of aromatic nitrogens is 1. The van der Waals surface area contributed by atoms with Crippen molar-refractivity contribution >= 4 is 11.5 Å². The molecule has 2 rings (SSSR count). The number of nitrogens with one attached hydrogen (secondary N) is 1. The molecule has 0 amide bonds. The summed E-state index contributed by atoms with van der Waals surface area (Å²) in [5.74, 6) is -0.165. The number of hydrogen-bond acceptors (Lipinski definition) is 5. The van der Waals surface area contributed by atoms with Gasteiger partial charge in [-0.05, 0) is 28.8 Å². The van der Waals surface area contributed by atoms with Gasteiger partial charge < -0.3 is 20.5 Å². The molecule has 1 fully saturated rings. The Kier molecular flexibility index (Phi) is 3.76. The topological polar surface area (TPSA) is 88.3 Å². The van der Waals surface area contributed by atoms with E-state index in [2.05, 4.69) is 10.3 Å². The van der Waals surface area contributed by atoms with Crippen LogP contribution in [0.4, 0.5) is 11.5 Å². The molecule has 0 spiro atoms. The van der Waals surface area contributed by atoms with Gasteiger partial charge in [0.25, 0.3) is 0 Å². The van der Waals surface area contributed by atoms with Crippen LogP contribution in [0, 0.1) is 10.1 Å². The molecule has 6 nitrogen and oxygen atoms in total. The monoisotopic (exact) mass is 251 g/mol. The van der Waals surface area contributed by atoms with E-state index in [1.54, 1.807) is 6.07 Å². The van der Waals surface area contributed by atoms with E-state index in [9.17, 15) is 15.2 Å². The Hall–Kier alpha value is -1.69. The zero-order valence-corrected chi connectivity index (χ0v) is 10.1. The summed E-state index contributed by atoms with van der Waals surface area (Å²) in [5.41, 5.74) is 0.423. The Labute approximate surface area is 105 Å². The zero-order chi connectivity index (χ0) is 13.0. The molecule has 1 saturated carbocycles. The first-order valence-corrected chi connectivity index (χ1v) is 6.15. The van der Waals surface area contributed by atoms with Crippen molar-refractivity contribution in [3.63, 3.8) is 0 Å². The molecular formula is C12H17N3O3. The van der Waals surface area contributed by atoms with Crippen LogP contribution in [0.2, 0.25) is 0 Å². The zero-order valence-electron chi connectivity index (χ0n) is 10.1. The lowest BCUT2D eigenvalue weighted by Gasteiger charge is -2.37. The molecule has 98 valence electrons. The normalized spacial score (nSPS) is 18.3. The number of rotatable bonds is 4. The van der Waals surface area contributed by atoms with Crippen LogP contribution in [-0.2, 0) is 0 Å². The van der Waals surface area contributed by atoms with Gasteiger partial charge in [-0.25, -0.2) is 0 Å². The fourth-order valence-corrected chi connectivity index (χ4v) is 2.43. The van der Waals surface area contributed by atoms with E-state index in [1.807, 2.05) is 0 Å². The van der Waals surface area contributed by atoms with E-state index in [0.29, 0.717) is 0 Å². The lowest BCUT2D eigenvalue weighted by Crippen LogP contribution is -2.43. The minimum atomic E-state index is -0.522. The van der Waals surface area contributed by atoms with Gasteiger partial charge in [0.15, 0.2) is 6.20 Å². The molecule has 1 aromatic heterocycles. The molecule has 0 aromatic carbocycles. The second kappa shape index (κ2) is 5.30. The molecule has 2 N–H and O–H groups in total. The lowest BCUT2D eigenvalue weighted by atomic mass is 9.82. The van der Waals surface area contributed by atoms with Crippen molar-refractivity contribution in [1.29, 1.82) is 0 Å². The molecule has 1 aliphatic rings. The SMILES string of the molecule is O=[N+]([O-])c1ccc(NC2(CO)CCCCC2)cn1. The van der Waals surface area contributed by atoms with Crippen LogP contribution in [0.15, 0.2) is 18.3 Å². The van der Waals surface area contributed by atoms with Crippen molar-refractivity contribution in [2.75, 3.05) is 11.9 Å². The average molecular weight is 251 g/mol. The first-order valence-electron chi connectivity index (χ1n) is 6.15. The molecule has 1 aromatic rings. The molecule has 6 heteroatoms. The Balaban J connectivity index is 2.09. The predicted octanol–water partition coefficient (Wildman–Crippen LogP) is 2.10. The first-order chi connectivity index (χ1) is 8.65. The Bertz CT molecular complexity index is 413. The highest BCUT2D eigenvalue weighted by molar-refractivity contribution is 5.46. The molecule has 0 saturated heterocycles. The minimum absolute atomic E-state index is 0.0734. The fourth-order valence-electron chi connectivity index (χ4n) is 2.43. The van der Waals surface area contributed by atoms with Gasteiger partial charge in [-0.15, -0.1) is 0 Å². The molecule has 1 aliphatic carbocycles. The number of aliphatic hydroxyl groups excluding tert-OH is 1. The van der Waals surface area contributed by atoms with Gasteiger partial charge in [-0.1, -0.05) is 19.3 Å². The predicted molar refractivity (Wildman–Crippen MR) is 67.4 cm³/mol. The molecular weight excluding hydrogens is 234 g/mol. The third-order valence-corrected chi connectivity index (χ3v) is 3.46. The Morgan fingerprint density at radius 1 is 1.39 bits per heavy atom. The van der Waals surface area contributed by atoms with Gasteiger partial charge in [0, 0.05) is 6.07 Å². The largest absolute Gasteiger partial charge is 0.394 e. The Morgan fingerprint density at radius 3 is 2.61 bits per heavy atom. The van der Waals surface area contributed by atoms with Gasteiger partial charge in [0.1, 0.15) is 0 Å². The second-order valence-corrected chi connectivity index (χ2v) is 4.79. The molecule has 0 aliphatic heterocycles. The highest BCUT2D eigenvalue weighted by Crippen LogP contribution is 2.31. The van der Waals surface area contributed by atoms with Crippen molar-refractivity contribution in [1.82, 2.24) is 4.98 Å². The summed E-state index contributed by atoms with van der Waals surface area (Å²) in [7, 11) is 0. The van der Waals surface area contributed by atoms with Crippen molar-refractivity contribution in [3.8, 4) is 0 Å². The molecule has 18 heavy (non-hydrogen) atoms. The van der Waals surface area contributed by atoms with Crippen LogP contribution >= 0.6 is 0 Å². The van der Waals surface area contributed by atoms with E-state index in [0.717, 1.165) is 31.4 Å². The summed E-state index contributed by atoms with van der Waals surface area (Å²) in [6, 6.07) is 3.01. The number of anilines is 1. The molecule has 0 radical (unpaired) electrons. The molecule has 0 unspecified atom stereocenters. The van der Waals surface area contributed by atoms with Crippen LogP contribution in [0.5, 0.6) is 0 Å². The van der Waals surface area contributed by atoms with Gasteiger partial charge in [-0.2, -0.15) is 0 Å². The van der Waals surface area contributed by atoms with Gasteiger partial charge >= 0.3 is 5.82 Å². The smallest absolute Gasteiger partial charge is 0.363 e. The van der Waals surface area contributed by atoms with E-state index in [-0.39, 0.29) is 18.0 Å². The lowest BCUT2D eigenvalue weighted by molar-refractivity contribution is -0.389. The van der Waals surface area contributed by atoms with E-state index < -0.39 is 4.92 Å². The Morgan fingerprint density at radius 2 is 2.11 bits per heavy atom. The summed E-state index contributed by atoms with van der Waals surface area (Å²) < 4.78 is 0. The number of pyridine rings is 1. The number of nitro groups is 1. The maximum absolute atomic E-state index is 10.5. The van der Waals surface area contributed by atoms with E-state index in [4.69, 9.17) is 0 Å². The van der Waals surface area contributed by atoms with Crippen LogP contribution in [0.3, 0.4) is 0 Å². The van der Waals surface area contributed by atoms with E-state index in [1.165, 1.54) is 18.7 Å². The number of hydrogen-bond donors (Lipinski definition) is 2. The highest BCUT2D eigenvalue weighted by atomic mass is 16.6. The summed E-state index contributed by atoms with van der Waals surface area (Å²) in [6.07, 6.45) is 6.66. The van der Waals surface area contributed by atoms with Crippen molar-refractivity contribution < 1.29 is 10.0 Å². The van der Waals surface area contributed by atoms with Gasteiger partial charge in [0.2, 0.25) is 0 Å². The third-order valence-electron chi connectivity index (χ3n) is 3.46. The van der Waals surface area contributed by atoms with Crippen LogP contribution in [-0.4, -0.2) is 27.2 Å². The maximum atomic E-state index is 10.5. The summed E-state index contributed by atoms with van der Waals surface area (Å²) in [6.45, 7) is 0.0734. The number of nitrogens with zero attached hydrogens (tertiary/aromatic N) is 2. The first kappa shape index (κ1) is 12.8. The molecule has 1 heterocycles. The third kappa shape index (κ3) is 2.76.